The van der Waals surface area contributed by atoms with Crippen LogP contribution in [0.5, 0.6) is 5.75 Å². The fourth-order valence-electron chi connectivity index (χ4n) is 3.17. The number of carbonyl (C=O) groups is 2. The number of carboxylic acid groups (broad SMARTS) is 1. The maximum Gasteiger partial charge on any atom is 0.305 e. The van der Waals surface area contributed by atoms with Gasteiger partial charge in [0.2, 0.25) is 5.91 Å². The monoisotopic (exact) mass is 435 g/mol. The fraction of sp³-hybridized carbons (Fsp3) is 0.200. The van der Waals surface area contributed by atoms with Crippen LogP contribution in [0, 0.1) is 0 Å². The number of benzene rings is 3. The highest BCUT2D eigenvalue weighted by atomic mass is 32.2. The van der Waals surface area contributed by atoms with Crippen molar-refractivity contribution in [3.05, 3.63) is 96.1 Å². The topological polar surface area (TPSA) is 75.6 Å². The van der Waals surface area contributed by atoms with Crippen molar-refractivity contribution in [1.29, 1.82) is 0 Å². The second-order valence-corrected chi connectivity index (χ2v) is 8.06. The highest BCUT2D eigenvalue weighted by Crippen LogP contribution is 2.36. The predicted octanol–water partition coefficient (Wildman–Crippen LogP) is 5.25. The Kier molecular flexibility index (Phi) is 8.12. The summed E-state index contributed by atoms with van der Waals surface area (Å²) < 4.78 is 5.46. The first-order valence-electron chi connectivity index (χ1n) is 10.1. The van der Waals surface area contributed by atoms with Gasteiger partial charge in [0, 0.05) is 4.90 Å². The molecule has 31 heavy (non-hydrogen) atoms. The Morgan fingerprint density at radius 3 is 2.10 bits per heavy atom. The maximum absolute atomic E-state index is 13.3. The lowest BCUT2D eigenvalue weighted by atomic mass is 10.0. The van der Waals surface area contributed by atoms with Crippen molar-refractivity contribution in [3.63, 3.8) is 0 Å². The molecule has 0 saturated carbocycles. The van der Waals surface area contributed by atoms with Crippen LogP contribution in [-0.4, -0.2) is 23.6 Å². The van der Waals surface area contributed by atoms with Crippen molar-refractivity contribution in [1.82, 2.24) is 5.32 Å². The number of thioether (sulfide) groups is 1. The van der Waals surface area contributed by atoms with Crippen LogP contribution in [0.2, 0.25) is 0 Å². The first-order valence-corrected chi connectivity index (χ1v) is 11.0. The number of rotatable bonds is 10. The van der Waals surface area contributed by atoms with Gasteiger partial charge in [0.15, 0.2) is 0 Å². The molecule has 0 aliphatic heterocycles. The lowest BCUT2D eigenvalue weighted by Gasteiger charge is -2.22. The summed E-state index contributed by atoms with van der Waals surface area (Å²) in [5.74, 6) is -0.514. The Bertz CT molecular complexity index is 977. The number of nitrogens with one attached hydrogen (secondary N) is 1. The van der Waals surface area contributed by atoms with E-state index in [0.29, 0.717) is 12.4 Å². The fourth-order valence-corrected chi connectivity index (χ4v) is 4.23. The summed E-state index contributed by atoms with van der Waals surface area (Å²) in [6.07, 6.45) is -0.211. The summed E-state index contributed by atoms with van der Waals surface area (Å²) >= 11 is 1.44. The quantitative estimate of drug-likeness (QED) is 0.425. The minimum absolute atomic E-state index is 0.211. The number of carboxylic acids is 1. The highest BCUT2D eigenvalue weighted by Gasteiger charge is 2.26. The number of hydrogen-bond acceptors (Lipinski definition) is 4. The predicted molar refractivity (Wildman–Crippen MR) is 122 cm³/mol. The molecule has 0 saturated heterocycles. The molecule has 2 N–H and O–H groups in total. The van der Waals surface area contributed by atoms with E-state index < -0.39 is 17.3 Å². The van der Waals surface area contributed by atoms with Gasteiger partial charge in [0.05, 0.1) is 19.1 Å². The molecule has 0 radical (unpaired) electrons. The summed E-state index contributed by atoms with van der Waals surface area (Å²) in [5.41, 5.74) is 1.57. The van der Waals surface area contributed by atoms with Crippen LogP contribution in [0.25, 0.3) is 0 Å². The molecule has 0 aliphatic rings. The number of aliphatic carboxylic acids is 1. The molecule has 1 amide bonds. The van der Waals surface area contributed by atoms with Crippen molar-refractivity contribution < 1.29 is 19.4 Å². The van der Waals surface area contributed by atoms with Gasteiger partial charge < -0.3 is 15.2 Å². The SMILES string of the molecule is CCOc1ccc([C@@H](CC(=O)O)NC(=O)[C@@H](Sc2ccccc2)c2ccccc2)cc1. The Hall–Kier alpha value is -3.25. The van der Waals surface area contributed by atoms with E-state index >= 15 is 0 Å². The van der Waals surface area contributed by atoms with Gasteiger partial charge >= 0.3 is 5.97 Å². The normalized spacial score (nSPS) is 12.5. The van der Waals surface area contributed by atoms with Crippen molar-refractivity contribution in [2.24, 2.45) is 0 Å². The van der Waals surface area contributed by atoms with E-state index in [4.69, 9.17) is 4.74 Å². The molecule has 0 fully saturated rings. The van der Waals surface area contributed by atoms with Crippen LogP contribution in [0.3, 0.4) is 0 Å². The molecule has 3 rings (SSSR count). The molecule has 5 nitrogen and oxygen atoms in total. The average molecular weight is 436 g/mol. The number of amides is 1. The number of carbonyl (C=O) groups excluding carboxylic acids is 1. The first-order chi connectivity index (χ1) is 15.1. The van der Waals surface area contributed by atoms with Crippen LogP contribution in [-0.2, 0) is 9.59 Å². The molecule has 2 atom stereocenters. The molecule has 160 valence electrons. The lowest BCUT2D eigenvalue weighted by Crippen LogP contribution is -2.33. The van der Waals surface area contributed by atoms with Gasteiger partial charge in [-0.2, -0.15) is 0 Å². The molecule has 3 aromatic carbocycles. The van der Waals surface area contributed by atoms with Gasteiger partial charge in [-0.3, -0.25) is 9.59 Å². The standard InChI is InChI=1S/C25H25NO4S/c1-2-30-20-15-13-18(14-16-20)22(17-23(27)28)26-25(29)24(19-9-5-3-6-10-19)31-21-11-7-4-8-12-21/h3-16,22,24H,2,17H2,1H3,(H,26,29)(H,27,28)/t22-,24+/m1/s1. The van der Waals surface area contributed by atoms with Crippen molar-refractivity contribution in [2.45, 2.75) is 29.5 Å². The molecule has 0 spiro atoms. The molecule has 3 aromatic rings. The molecule has 0 bridgehead atoms. The zero-order valence-electron chi connectivity index (χ0n) is 17.2. The van der Waals surface area contributed by atoms with Crippen LogP contribution in [0.15, 0.2) is 89.8 Å². The number of ether oxygens (including phenoxy) is 1. The molecular formula is C25H25NO4S. The second kappa shape index (κ2) is 11.2. The van der Waals surface area contributed by atoms with Gasteiger partial charge in [0.25, 0.3) is 0 Å². The summed E-state index contributed by atoms with van der Waals surface area (Å²) in [7, 11) is 0. The van der Waals surface area contributed by atoms with Crippen molar-refractivity contribution in [2.75, 3.05) is 6.61 Å². The smallest absolute Gasteiger partial charge is 0.305 e. The van der Waals surface area contributed by atoms with Gasteiger partial charge in [0.1, 0.15) is 11.0 Å². The highest BCUT2D eigenvalue weighted by molar-refractivity contribution is 8.00. The zero-order chi connectivity index (χ0) is 22.1. The Morgan fingerprint density at radius 2 is 1.52 bits per heavy atom. The molecular weight excluding hydrogens is 410 g/mol. The Balaban J connectivity index is 1.84. The zero-order valence-corrected chi connectivity index (χ0v) is 18.0. The van der Waals surface area contributed by atoms with Gasteiger partial charge in [-0.15, -0.1) is 11.8 Å². The minimum Gasteiger partial charge on any atom is -0.494 e. The summed E-state index contributed by atoms with van der Waals surface area (Å²) in [4.78, 5) is 25.8. The van der Waals surface area contributed by atoms with E-state index in [9.17, 15) is 14.7 Å². The third-order valence-corrected chi connectivity index (χ3v) is 5.89. The first kappa shape index (κ1) is 22.4. The van der Waals surface area contributed by atoms with E-state index in [1.807, 2.05) is 67.6 Å². The summed E-state index contributed by atoms with van der Waals surface area (Å²) in [5, 5.41) is 11.8. The van der Waals surface area contributed by atoms with E-state index in [-0.39, 0.29) is 12.3 Å². The molecule has 6 heteroatoms. The van der Waals surface area contributed by atoms with Crippen LogP contribution >= 0.6 is 11.8 Å². The van der Waals surface area contributed by atoms with E-state index in [1.165, 1.54) is 11.8 Å². The summed E-state index contributed by atoms with van der Waals surface area (Å²) in [6, 6.07) is 25.7. The third-order valence-electron chi connectivity index (χ3n) is 4.63. The molecule has 0 unspecified atom stereocenters. The Labute approximate surface area is 186 Å². The lowest BCUT2D eigenvalue weighted by molar-refractivity contribution is -0.137. The molecule has 0 aromatic heterocycles. The Morgan fingerprint density at radius 1 is 0.903 bits per heavy atom. The molecule has 0 heterocycles. The largest absolute Gasteiger partial charge is 0.494 e. The van der Waals surface area contributed by atoms with E-state index in [0.717, 1.165) is 16.0 Å². The second-order valence-electron chi connectivity index (χ2n) is 6.88. The van der Waals surface area contributed by atoms with E-state index in [2.05, 4.69) is 5.32 Å². The van der Waals surface area contributed by atoms with Crippen LogP contribution < -0.4 is 10.1 Å². The average Bonchev–Trinajstić information content (AvgIpc) is 2.79. The van der Waals surface area contributed by atoms with Crippen molar-refractivity contribution >= 4 is 23.6 Å². The molecule has 0 aliphatic carbocycles. The third kappa shape index (κ3) is 6.62. The van der Waals surface area contributed by atoms with Gasteiger partial charge in [-0.25, -0.2) is 0 Å². The van der Waals surface area contributed by atoms with Gasteiger partial charge in [-0.1, -0.05) is 60.7 Å². The van der Waals surface area contributed by atoms with E-state index in [1.54, 1.807) is 24.3 Å². The summed E-state index contributed by atoms with van der Waals surface area (Å²) in [6.45, 7) is 2.44. The number of hydrogen-bond donors (Lipinski definition) is 2. The van der Waals surface area contributed by atoms with Crippen LogP contribution in [0.4, 0.5) is 0 Å². The van der Waals surface area contributed by atoms with Crippen LogP contribution in [0.1, 0.15) is 35.8 Å². The van der Waals surface area contributed by atoms with Gasteiger partial charge in [-0.05, 0) is 42.3 Å². The minimum atomic E-state index is -0.980. The maximum atomic E-state index is 13.3. The van der Waals surface area contributed by atoms with Crippen molar-refractivity contribution in [3.8, 4) is 5.75 Å².